The molecule has 0 saturated heterocycles. The molecule has 1 aromatic rings. The molecule has 0 aromatic heterocycles. The van der Waals surface area contributed by atoms with Crippen LogP contribution in [0.1, 0.15) is 5.56 Å². The normalized spacial score (nSPS) is 10.1. The summed E-state index contributed by atoms with van der Waals surface area (Å²) in [6, 6.07) is 6.34. The first-order valence-corrected chi connectivity index (χ1v) is 5.24. The summed E-state index contributed by atoms with van der Waals surface area (Å²) >= 11 is 6.39. The van der Waals surface area contributed by atoms with Crippen LogP contribution in [0.2, 0.25) is 0 Å². The van der Waals surface area contributed by atoms with Crippen LogP contribution >= 0.6 is 31.9 Å². The van der Waals surface area contributed by atoms with E-state index in [1.54, 1.807) is 18.2 Å². The van der Waals surface area contributed by atoms with Crippen LogP contribution in [0.3, 0.4) is 0 Å². The molecule has 0 radical (unpaired) electrons. The Bertz CT molecular complexity index is 318. The predicted molar refractivity (Wildman–Crippen MR) is 58.9 cm³/mol. The maximum absolute atomic E-state index is 11.8. The van der Waals surface area contributed by atoms with Crippen molar-refractivity contribution in [1.29, 1.82) is 0 Å². The summed E-state index contributed by atoms with van der Waals surface area (Å²) in [6.45, 7) is -2.78. The number of alkyl halides is 2. The largest absolute Gasteiger partial charge is 0.435 e. The van der Waals surface area contributed by atoms with Gasteiger partial charge >= 0.3 is 6.61 Å². The molecule has 0 unspecified atom stereocenters. The molecule has 5 heteroatoms. The maximum Gasteiger partial charge on any atom is 0.387 e. The Kier molecular flexibility index (Phi) is 4.54. The summed E-state index contributed by atoms with van der Waals surface area (Å²) in [5, 5.41) is 0. The second-order valence-electron chi connectivity index (χ2n) is 2.38. The average Bonchev–Trinajstić information content (AvgIpc) is 2.06. The van der Waals surface area contributed by atoms with Gasteiger partial charge in [0.15, 0.2) is 0 Å². The molecule has 0 aliphatic carbocycles. The molecule has 0 bridgehead atoms. The van der Waals surface area contributed by atoms with Gasteiger partial charge in [0.05, 0.1) is 3.39 Å². The number of hydrogen-bond donors (Lipinski definition) is 0. The summed E-state index contributed by atoms with van der Waals surface area (Å²) in [5.41, 5.74) is 0.885. The molecule has 1 nitrogen and oxygen atoms in total. The van der Waals surface area contributed by atoms with E-state index in [1.807, 2.05) is 0 Å². The fraction of sp³-hybridized carbons (Fsp3) is 0.111. The van der Waals surface area contributed by atoms with Crippen molar-refractivity contribution in [2.75, 3.05) is 0 Å². The standard InChI is InChI=1S/C9H6Br2F2O/c10-8(11)5-6-1-3-7(4-2-6)14-9(12)13/h1-5,9H. The smallest absolute Gasteiger partial charge is 0.387 e. The van der Waals surface area contributed by atoms with E-state index in [2.05, 4.69) is 36.6 Å². The monoisotopic (exact) mass is 326 g/mol. The second kappa shape index (κ2) is 5.46. The number of ether oxygens (including phenoxy) is 1. The Morgan fingerprint density at radius 2 is 1.79 bits per heavy atom. The highest BCUT2D eigenvalue weighted by molar-refractivity contribution is 9.28. The highest BCUT2D eigenvalue weighted by atomic mass is 79.9. The maximum atomic E-state index is 11.8. The Balaban J connectivity index is 2.74. The lowest BCUT2D eigenvalue weighted by molar-refractivity contribution is -0.0498. The highest BCUT2D eigenvalue weighted by Gasteiger charge is 2.02. The van der Waals surface area contributed by atoms with Crippen LogP contribution in [0.25, 0.3) is 6.08 Å². The molecule has 0 spiro atoms. The van der Waals surface area contributed by atoms with E-state index in [-0.39, 0.29) is 5.75 Å². The van der Waals surface area contributed by atoms with Crippen molar-refractivity contribution in [3.8, 4) is 5.75 Å². The van der Waals surface area contributed by atoms with Gasteiger partial charge in [0.1, 0.15) is 5.75 Å². The fourth-order valence-electron chi connectivity index (χ4n) is 0.871. The average molecular weight is 328 g/mol. The zero-order chi connectivity index (χ0) is 10.6. The van der Waals surface area contributed by atoms with E-state index in [1.165, 1.54) is 12.1 Å². The molecule has 0 N–H and O–H groups in total. The molecule has 1 rings (SSSR count). The minimum Gasteiger partial charge on any atom is -0.435 e. The molecule has 0 fully saturated rings. The first-order valence-electron chi connectivity index (χ1n) is 3.65. The van der Waals surface area contributed by atoms with Gasteiger partial charge in [0.2, 0.25) is 0 Å². The number of benzene rings is 1. The van der Waals surface area contributed by atoms with Crippen molar-refractivity contribution in [3.05, 3.63) is 33.2 Å². The van der Waals surface area contributed by atoms with Crippen molar-refractivity contribution in [1.82, 2.24) is 0 Å². The Hall–Kier alpha value is -0.420. The quantitative estimate of drug-likeness (QED) is 0.800. The summed E-state index contributed by atoms with van der Waals surface area (Å²) < 4.78 is 28.5. The molecule has 0 saturated carbocycles. The SMILES string of the molecule is FC(F)Oc1ccc(C=C(Br)Br)cc1. The summed E-state index contributed by atoms with van der Waals surface area (Å²) in [7, 11) is 0. The molecule has 14 heavy (non-hydrogen) atoms. The van der Waals surface area contributed by atoms with Crippen LogP contribution in [0.15, 0.2) is 27.7 Å². The van der Waals surface area contributed by atoms with Crippen molar-refractivity contribution in [3.63, 3.8) is 0 Å². The molecular weight excluding hydrogens is 322 g/mol. The van der Waals surface area contributed by atoms with Crippen molar-refractivity contribution < 1.29 is 13.5 Å². The molecule has 76 valence electrons. The Labute approximate surface area is 97.0 Å². The van der Waals surface area contributed by atoms with E-state index in [0.717, 1.165) is 8.96 Å². The minimum absolute atomic E-state index is 0.155. The van der Waals surface area contributed by atoms with Gasteiger partial charge in [-0.2, -0.15) is 8.78 Å². The van der Waals surface area contributed by atoms with Gasteiger partial charge in [-0.3, -0.25) is 0 Å². The third-order valence-corrected chi connectivity index (χ3v) is 1.84. The predicted octanol–water partition coefficient (Wildman–Crippen LogP) is 4.38. The Morgan fingerprint density at radius 1 is 1.21 bits per heavy atom. The number of hydrogen-bond acceptors (Lipinski definition) is 1. The summed E-state index contributed by atoms with van der Waals surface area (Å²) in [5.74, 6) is 0.155. The van der Waals surface area contributed by atoms with Gasteiger partial charge in [0, 0.05) is 0 Å². The van der Waals surface area contributed by atoms with Crippen LogP contribution in [-0.4, -0.2) is 6.61 Å². The van der Waals surface area contributed by atoms with Crippen LogP contribution in [0.4, 0.5) is 8.78 Å². The first-order chi connectivity index (χ1) is 6.58. The number of halogens is 4. The van der Waals surface area contributed by atoms with Crippen LogP contribution in [0, 0.1) is 0 Å². The zero-order valence-electron chi connectivity index (χ0n) is 6.88. The molecule has 1 aromatic carbocycles. The molecule has 0 aliphatic heterocycles. The van der Waals surface area contributed by atoms with E-state index in [9.17, 15) is 8.78 Å². The van der Waals surface area contributed by atoms with E-state index in [0.29, 0.717) is 0 Å². The van der Waals surface area contributed by atoms with E-state index in [4.69, 9.17) is 0 Å². The molecule has 0 atom stereocenters. The fourth-order valence-corrected chi connectivity index (χ4v) is 1.40. The topological polar surface area (TPSA) is 9.23 Å². The summed E-state index contributed by atoms with van der Waals surface area (Å²) in [6.07, 6.45) is 1.80. The second-order valence-corrected chi connectivity index (χ2v) is 5.15. The van der Waals surface area contributed by atoms with Crippen LogP contribution < -0.4 is 4.74 Å². The van der Waals surface area contributed by atoms with Crippen LogP contribution in [0.5, 0.6) is 5.75 Å². The lowest BCUT2D eigenvalue weighted by Gasteiger charge is -2.03. The molecule has 0 amide bonds. The molecule has 0 aliphatic rings. The van der Waals surface area contributed by atoms with E-state index < -0.39 is 6.61 Å². The first kappa shape index (κ1) is 11.7. The van der Waals surface area contributed by atoms with Crippen molar-refractivity contribution in [2.45, 2.75) is 6.61 Å². The molecule has 0 heterocycles. The zero-order valence-corrected chi connectivity index (χ0v) is 10.1. The third kappa shape index (κ3) is 4.19. The minimum atomic E-state index is -2.78. The van der Waals surface area contributed by atoms with Gasteiger partial charge in [-0.1, -0.05) is 12.1 Å². The lowest BCUT2D eigenvalue weighted by atomic mass is 10.2. The lowest BCUT2D eigenvalue weighted by Crippen LogP contribution is -2.01. The van der Waals surface area contributed by atoms with Gasteiger partial charge in [0.25, 0.3) is 0 Å². The van der Waals surface area contributed by atoms with Crippen molar-refractivity contribution >= 4 is 37.9 Å². The van der Waals surface area contributed by atoms with Gasteiger partial charge < -0.3 is 4.74 Å². The molecular formula is C9H6Br2F2O. The summed E-state index contributed by atoms with van der Waals surface area (Å²) in [4.78, 5) is 0. The van der Waals surface area contributed by atoms with E-state index >= 15 is 0 Å². The van der Waals surface area contributed by atoms with Gasteiger partial charge in [-0.05, 0) is 55.6 Å². The van der Waals surface area contributed by atoms with Gasteiger partial charge in [-0.15, -0.1) is 0 Å². The third-order valence-electron chi connectivity index (χ3n) is 1.38. The highest BCUT2D eigenvalue weighted by Crippen LogP contribution is 2.20. The van der Waals surface area contributed by atoms with Gasteiger partial charge in [-0.25, -0.2) is 0 Å². The Morgan fingerprint density at radius 3 is 2.21 bits per heavy atom. The van der Waals surface area contributed by atoms with Crippen LogP contribution in [-0.2, 0) is 0 Å². The number of rotatable bonds is 3. The van der Waals surface area contributed by atoms with Crippen molar-refractivity contribution in [2.24, 2.45) is 0 Å².